The normalized spacial score (nSPS) is 15.4. The van der Waals surface area contributed by atoms with E-state index in [9.17, 15) is 9.18 Å². The molecular weight excluding hydrogens is 499 g/mol. The number of amides is 1. The molecule has 8 heteroatoms. The molecule has 1 heterocycles. The fourth-order valence-corrected chi connectivity index (χ4v) is 4.38. The first-order chi connectivity index (χ1) is 12.9. The van der Waals surface area contributed by atoms with Gasteiger partial charge >= 0.3 is 0 Å². The topological polar surface area (TPSA) is 41.6 Å². The second-order valence-electron chi connectivity index (χ2n) is 5.77. The van der Waals surface area contributed by atoms with E-state index in [4.69, 9.17) is 17.0 Å². The van der Waals surface area contributed by atoms with Crippen LogP contribution in [0.15, 0.2) is 51.0 Å². The lowest BCUT2D eigenvalue weighted by Crippen LogP contribution is -2.30. The summed E-state index contributed by atoms with van der Waals surface area (Å²) in [5, 5.41) is 3.33. The monoisotopic (exact) mass is 512 g/mol. The molecule has 0 aliphatic carbocycles. The summed E-state index contributed by atoms with van der Waals surface area (Å²) in [4.78, 5) is 13.8. The van der Waals surface area contributed by atoms with Gasteiger partial charge < -0.3 is 10.1 Å². The first-order valence-electron chi connectivity index (χ1n) is 8.10. The van der Waals surface area contributed by atoms with Crippen LogP contribution in [0.5, 0.6) is 5.75 Å². The highest BCUT2D eigenvalue weighted by Crippen LogP contribution is 2.36. The van der Waals surface area contributed by atoms with Gasteiger partial charge in [-0.05, 0) is 92.5 Å². The molecule has 1 amide bonds. The molecule has 1 aliphatic rings. The summed E-state index contributed by atoms with van der Waals surface area (Å²) in [5.41, 5.74) is 1.95. The minimum Gasteiger partial charge on any atom is -0.487 e. The molecule has 2 aromatic rings. The third kappa shape index (κ3) is 4.56. The fraction of sp³-hybridized carbons (Fsp3) is 0.158. The number of carbonyl (C=O) groups excluding carboxylic acids is 1. The van der Waals surface area contributed by atoms with Crippen LogP contribution < -0.4 is 10.1 Å². The largest absolute Gasteiger partial charge is 0.487 e. The molecule has 0 spiro atoms. The minimum absolute atomic E-state index is 0.152. The molecule has 0 radical (unpaired) electrons. The predicted octanol–water partition coefficient (Wildman–Crippen LogP) is 5.01. The van der Waals surface area contributed by atoms with E-state index in [1.54, 1.807) is 18.2 Å². The van der Waals surface area contributed by atoms with E-state index >= 15 is 0 Å². The Morgan fingerprint density at radius 1 is 1.26 bits per heavy atom. The molecule has 0 bridgehead atoms. The third-order valence-corrected chi connectivity index (χ3v) is 5.38. The van der Waals surface area contributed by atoms with Crippen LogP contribution in [0.1, 0.15) is 18.1 Å². The maximum Gasteiger partial charge on any atom is 0.276 e. The Morgan fingerprint density at radius 3 is 2.56 bits per heavy atom. The molecule has 4 nitrogen and oxygen atoms in total. The lowest BCUT2D eigenvalue weighted by molar-refractivity contribution is -0.122. The second-order valence-corrected chi connectivity index (χ2v) is 7.87. The minimum atomic E-state index is -0.302. The van der Waals surface area contributed by atoms with Crippen molar-refractivity contribution in [2.24, 2.45) is 0 Å². The van der Waals surface area contributed by atoms with Crippen molar-refractivity contribution in [3.63, 3.8) is 0 Å². The van der Waals surface area contributed by atoms with Crippen molar-refractivity contribution in [1.29, 1.82) is 0 Å². The summed E-state index contributed by atoms with van der Waals surface area (Å²) in [6.07, 6.45) is 1.73. The Kier molecular flexibility index (Phi) is 6.29. The molecule has 1 N–H and O–H groups in total. The molecular formula is C19H15Br2FN2O2S. The summed E-state index contributed by atoms with van der Waals surface area (Å²) in [7, 11) is 0. The maximum atomic E-state index is 13.3. The van der Waals surface area contributed by atoms with Gasteiger partial charge in [-0.1, -0.05) is 12.1 Å². The molecule has 3 rings (SSSR count). The number of halogens is 3. The maximum absolute atomic E-state index is 13.3. The zero-order chi connectivity index (χ0) is 19.6. The van der Waals surface area contributed by atoms with E-state index in [0.717, 1.165) is 11.1 Å². The van der Waals surface area contributed by atoms with Gasteiger partial charge in [-0.15, -0.1) is 0 Å². The van der Waals surface area contributed by atoms with Crippen molar-refractivity contribution in [3.8, 4) is 5.75 Å². The first kappa shape index (κ1) is 20.0. The standard InChI is InChI=1S/C19H15Br2FN2O2S/c1-2-24-18(25)16(23-19(24)27)9-12-7-14(20)17(15(21)8-12)26-10-11-4-3-5-13(22)6-11/h3-9H,2,10H2,1H3,(H,23,27)/b16-9+. The van der Waals surface area contributed by atoms with E-state index in [2.05, 4.69) is 37.2 Å². The van der Waals surface area contributed by atoms with Gasteiger partial charge in [-0.2, -0.15) is 0 Å². The average Bonchev–Trinajstić information content (AvgIpc) is 2.87. The molecule has 0 unspecified atom stereocenters. The van der Waals surface area contributed by atoms with Crippen molar-refractivity contribution in [2.45, 2.75) is 13.5 Å². The fourth-order valence-electron chi connectivity index (χ4n) is 2.61. The predicted molar refractivity (Wildman–Crippen MR) is 114 cm³/mol. The smallest absolute Gasteiger partial charge is 0.276 e. The van der Waals surface area contributed by atoms with Gasteiger partial charge in [-0.25, -0.2) is 4.39 Å². The van der Waals surface area contributed by atoms with Crippen LogP contribution >= 0.6 is 44.1 Å². The van der Waals surface area contributed by atoms with E-state index in [1.165, 1.54) is 17.0 Å². The Hall–Kier alpha value is -1.77. The molecule has 1 aliphatic heterocycles. The van der Waals surface area contributed by atoms with Crippen LogP contribution in [0.2, 0.25) is 0 Å². The third-order valence-electron chi connectivity index (χ3n) is 3.88. The summed E-state index contributed by atoms with van der Waals surface area (Å²) >= 11 is 12.1. The van der Waals surface area contributed by atoms with Crippen LogP contribution in [0, 0.1) is 5.82 Å². The molecule has 27 heavy (non-hydrogen) atoms. The molecule has 1 saturated heterocycles. The van der Waals surface area contributed by atoms with Crippen LogP contribution in [-0.2, 0) is 11.4 Å². The second kappa shape index (κ2) is 8.50. The summed E-state index contributed by atoms with van der Waals surface area (Å²) < 4.78 is 20.5. The average molecular weight is 514 g/mol. The lowest BCUT2D eigenvalue weighted by Gasteiger charge is -2.12. The van der Waals surface area contributed by atoms with Gasteiger partial charge in [0.15, 0.2) is 5.11 Å². The number of benzene rings is 2. The molecule has 140 valence electrons. The first-order valence-corrected chi connectivity index (χ1v) is 10.1. The molecule has 0 atom stereocenters. The van der Waals surface area contributed by atoms with Crippen molar-refractivity contribution >= 4 is 61.2 Å². The zero-order valence-corrected chi connectivity index (χ0v) is 18.3. The molecule has 2 aromatic carbocycles. The van der Waals surface area contributed by atoms with Crippen molar-refractivity contribution in [3.05, 3.63) is 68.0 Å². The van der Waals surface area contributed by atoms with Gasteiger partial charge in [0.1, 0.15) is 23.9 Å². The number of carbonyl (C=O) groups is 1. The number of thiocarbonyl (C=S) groups is 1. The van der Waals surface area contributed by atoms with E-state index < -0.39 is 0 Å². The summed E-state index contributed by atoms with van der Waals surface area (Å²) in [5.74, 6) is 0.142. The number of nitrogens with zero attached hydrogens (tertiary/aromatic N) is 1. The van der Waals surface area contributed by atoms with Crippen molar-refractivity contribution in [2.75, 3.05) is 6.54 Å². The Labute approximate surface area is 178 Å². The van der Waals surface area contributed by atoms with Crippen LogP contribution in [-0.4, -0.2) is 22.5 Å². The van der Waals surface area contributed by atoms with Crippen molar-refractivity contribution < 1.29 is 13.9 Å². The Balaban J connectivity index is 1.80. The molecule has 0 saturated carbocycles. The van der Waals surface area contributed by atoms with E-state index in [0.29, 0.717) is 32.0 Å². The Bertz CT molecular complexity index is 926. The number of likely N-dealkylation sites (N-methyl/N-ethyl adjacent to an activating group) is 1. The van der Waals surface area contributed by atoms with Crippen LogP contribution in [0.4, 0.5) is 4.39 Å². The highest BCUT2D eigenvalue weighted by atomic mass is 79.9. The van der Waals surface area contributed by atoms with Gasteiger partial charge in [0.25, 0.3) is 5.91 Å². The highest BCUT2D eigenvalue weighted by Gasteiger charge is 2.29. The summed E-state index contributed by atoms with van der Waals surface area (Å²) in [6, 6.07) is 9.94. The Morgan fingerprint density at radius 2 is 1.96 bits per heavy atom. The lowest BCUT2D eigenvalue weighted by atomic mass is 10.2. The number of ether oxygens (including phenoxy) is 1. The molecule has 1 fully saturated rings. The van der Waals surface area contributed by atoms with Crippen LogP contribution in [0.25, 0.3) is 6.08 Å². The van der Waals surface area contributed by atoms with Gasteiger partial charge in [0.2, 0.25) is 0 Å². The van der Waals surface area contributed by atoms with E-state index in [-0.39, 0.29) is 18.3 Å². The molecule has 0 aromatic heterocycles. The number of rotatable bonds is 5. The van der Waals surface area contributed by atoms with Gasteiger partial charge in [0.05, 0.1) is 8.95 Å². The van der Waals surface area contributed by atoms with Gasteiger partial charge in [0, 0.05) is 6.54 Å². The number of nitrogens with one attached hydrogen (secondary N) is 1. The summed E-state index contributed by atoms with van der Waals surface area (Å²) in [6.45, 7) is 2.62. The highest BCUT2D eigenvalue weighted by molar-refractivity contribution is 9.11. The quantitative estimate of drug-likeness (QED) is 0.451. The zero-order valence-electron chi connectivity index (χ0n) is 14.3. The number of hydrogen-bond donors (Lipinski definition) is 1. The van der Waals surface area contributed by atoms with Crippen molar-refractivity contribution in [1.82, 2.24) is 10.2 Å². The van der Waals surface area contributed by atoms with Gasteiger partial charge in [-0.3, -0.25) is 9.69 Å². The SMILES string of the molecule is CCN1C(=O)/C(=C\c2cc(Br)c(OCc3cccc(F)c3)c(Br)c2)NC1=S. The number of hydrogen-bond acceptors (Lipinski definition) is 3. The van der Waals surface area contributed by atoms with E-state index in [1.807, 2.05) is 19.1 Å². The van der Waals surface area contributed by atoms with Crippen LogP contribution in [0.3, 0.4) is 0 Å².